The van der Waals surface area contributed by atoms with Crippen LogP contribution in [0.2, 0.25) is 0 Å². The van der Waals surface area contributed by atoms with Gasteiger partial charge in [0.25, 0.3) is 5.91 Å². The van der Waals surface area contributed by atoms with Crippen molar-refractivity contribution in [3.05, 3.63) is 65.9 Å². The van der Waals surface area contributed by atoms with Gasteiger partial charge in [-0.05, 0) is 42.8 Å². The molecule has 0 unspecified atom stereocenters. The number of hydrogen-bond donors (Lipinski definition) is 2. The van der Waals surface area contributed by atoms with Gasteiger partial charge in [0.2, 0.25) is 0 Å². The SMILES string of the molecule is CC.Cc1cn(C)c2ccc(C(=O)NNc3ccccc3)cc12. The molecule has 0 saturated carbocycles. The minimum atomic E-state index is -0.149. The van der Waals surface area contributed by atoms with Crippen molar-refractivity contribution in [1.29, 1.82) is 0 Å². The van der Waals surface area contributed by atoms with Crippen molar-refractivity contribution in [3.8, 4) is 0 Å². The molecule has 0 spiro atoms. The lowest BCUT2D eigenvalue weighted by Crippen LogP contribution is -2.29. The van der Waals surface area contributed by atoms with Crippen LogP contribution < -0.4 is 10.9 Å². The molecule has 3 aromatic rings. The van der Waals surface area contributed by atoms with Gasteiger partial charge in [-0.15, -0.1) is 0 Å². The van der Waals surface area contributed by atoms with E-state index in [1.165, 1.54) is 0 Å². The predicted octanol–water partition coefficient (Wildman–Crippen LogP) is 4.27. The third kappa shape index (κ3) is 3.72. The number of hydrazine groups is 1. The van der Waals surface area contributed by atoms with Gasteiger partial charge in [-0.3, -0.25) is 15.6 Å². The molecule has 3 rings (SSSR count). The monoisotopic (exact) mass is 309 g/mol. The van der Waals surface area contributed by atoms with E-state index in [1.807, 2.05) is 76.3 Å². The molecule has 120 valence electrons. The van der Waals surface area contributed by atoms with E-state index in [-0.39, 0.29) is 5.91 Å². The zero-order valence-electron chi connectivity index (χ0n) is 14.1. The van der Waals surface area contributed by atoms with Crippen molar-refractivity contribution in [2.45, 2.75) is 20.8 Å². The average molecular weight is 309 g/mol. The molecule has 1 heterocycles. The van der Waals surface area contributed by atoms with Gasteiger partial charge >= 0.3 is 0 Å². The Morgan fingerprint density at radius 3 is 2.43 bits per heavy atom. The molecule has 0 aliphatic carbocycles. The fraction of sp³-hybridized carbons (Fsp3) is 0.211. The molecule has 4 heteroatoms. The maximum atomic E-state index is 12.2. The summed E-state index contributed by atoms with van der Waals surface area (Å²) in [4.78, 5) is 12.2. The van der Waals surface area contributed by atoms with Crippen molar-refractivity contribution in [1.82, 2.24) is 9.99 Å². The van der Waals surface area contributed by atoms with Crippen LogP contribution in [-0.2, 0) is 7.05 Å². The zero-order valence-corrected chi connectivity index (χ0v) is 14.1. The molecule has 0 fully saturated rings. The lowest BCUT2D eigenvalue weighted by molar-refractivity contribution is 0.0963. The number of benzene rings is 2. The van der Waals surface area contributed by atoms with Crippen molar-refractivity contribution >= 4 is 22.5 Å². The summed E-state index contributed by atoms with van der Waals surface area (Å²) in [5.41, 5.74) is 9.40. The fourth-order valence-electron chi connectivity index (χ4n) is 2.45. The summed E-state index contributed by atoms with van der Waals surface area (Å²) in [6.45, 7) is 6.05. The summed E-state index contributed by atoms with van der Waals surface area (Å²) in [7, 11) is 2.01. The Kier molecular flexibility index (Phi) is 5.41. The van der Waals surface area contributed by atoms with Crippen LogP contribution in [-0.4, -0.2) is 10.5 Å². The standard InChI is InChI=1S/C17H17N3O.C2H6/c1-12-11-20(2)16-9-8-13(10-15(12)16)17(21)19-18-14-6-4-3-5-7-14;1-2/h3-11,18H,1-2H3,(H,19,21);1-2H3. The van der Waals surface area contributed by atoms with E-state index in [0.717, 1.165) is 22.2 Å². The first-order valence-corrected chi connectivity index (χ1v) is 7.82. The number of nitrogens with zero attached hydrogens (tertiary/aromatic N) is 1. The number of rotatable bonds is 3. The number of para-hydroxylation sites is 1. The fourth-order valence-corrected chi connectivity index (χ4v) is 2.45. The van der Waals surface area contributed by atoms with Crippen LogP contribution in [0.5, 0.6) is 0 Å². The Morgan fingerprint density at radius 2 is 1.74 bits per heavy atom. The van der Waals surface area contributed by atoms with Gasteiger partial charge < -0.3 is 4.57 Å². The minimum Gasteiger partial charge on any atom is -0.350 e. The Balaban J connectivity index is 0.000000924. The van der Waals surface area contributed by atoms with E-state index >= 15 is 0 Å². The molecule has 1 amide bonds. The van der Waals surface area contributed by atoms with Gasteiger partial charge in [0, 0.05) is 29.7 Å². The summed E-state index contributed by atoms with van der Waals surface area (Å²) >= 11 is 0. The van der Waals surface area contributed by atoms with Crippen LogP contribution in [0.3, 0.4) is 0 Å². The average Bonchev–Trinajstić information content (AvgIpc) is 2.89. The second kappa shape index (κ2) is 7.49. The molecule has 2 aromatic carbocycles. The van der Waals surface area contributed by atoms with E-state index < -0.39 is 0 Å². The zero-order chi connectivity index (χ0) is 16.8. The highest BCUT2D eigenvalue weighted by molar-refractivity contribution is 5.99. The van der Waals surface area contributed by atoms with Gasteiger partial charge in [-0.1, -0.05) is 32.0 Å². The van der Waals surface area contributed by atoms with Crippen molar-refractivity contribution in [2.24, 2.45) is 7.05 Å². The van der Waals surface area contributed by atoms with Gasteiger partial charge in [0.1, 0.15) is 0 Å². The van der Waals surface area contributed by atoms with Crippen LogP contribution >= 0.6 is 0 Å². The summed E-state index contributed by atoms with van der Waals surface area (Å²) in [6.07, 6.45) is 2.06. The van der Waals surface area contributed by atoms with Crippen molar-refractivity contribution in [2.75, 3.05) is 5.43 Å². The number of aromatic nitrogens is 1. The molecular weight excluding hydrogens is 286 g/mol. The number of nitrogens with one attached hydrogen (secondary N) is 2. The second-order valence-corrected chi connectivity index (χ2v) is 5.10. The van der Waals surface area contributed by atoms with Gasteiger partial charge in [0.05, 0.1) is 5.69 Å². The van der Waals surface area contributed by atoms with Crippen LogP contribution in [0.25, 0.3) is 10.9 Å². The number of amides is 1. The smallest absolute Gasteiger partial charge is 0.269 e. The van der Waals surface area contributed by atoms with Crippen LogP contribution in [0.1, 0.15) is 29.8 Å². The Morgan fingerprint density at radius 1 is 1.04 bits per heavy atom. The Bertz CT molecular complexity index is 791. The maximum Gasteiger partial charge on any atom is 0.269 e. The van der Waals surface area contributed by atoms with Crippen molar-refractivity contribution in [3.63, 3.8) is 0 Å². The van der Waals surface area contributed by atoms with Crippen molar-refractivity contribution < 1.29 is 4.79 Å². The topological polar surface area (TPSA) is 46.1 Å². The quantitative estimate of drug-likeness (QED) is 0.710. The Labute approximate surface area is 137 Å². The summed E-state index contributed by atoms with van der Waals surface area (Å²) < 4.78 is 2.06. The summed E-state index contributed by atoms with van der Waals surface area (Å²) in [6, 6.07) is 15.3. The third-order valence-electron chi connectivity index (χ3n) is 3.55. The van der Waals surface area contributed by atoms with Gasteiger partial charge in [0.15, 0.2) is 0 Å². The van der Waals surface area contributed by atoms with E-state index in [2.05, 4.69) is 21.6 Å². The maximum absolute atomic E-state index is 12.2. The highest BCUT2D eigenvalue weighted by Crippen LogP contribution is 2.21. The normalized spacial score (nSPS) is 9.91. The molecule has 0 atom stereocenters. The minimum absolute atomic E-state index is 0.149. The van der Waals surface area contributed by atoms with Crippen LogP contribution in [0.4, 0.5) is 5.69 Å². The second-order valence-electron chi connectivity index (χ2n) is 5.10. The van der Waals surface area contributed by atoms with E-state index in [1.54, 1.807) is 0 Å². The molecule has 4 nitrogen and oxygen atoms in total. The predicted molar refractivity (Wildman–Crippen MR) is 96.5 cm³/mol. The number of hydrogen-bond acceptors (Lipinski definition) is 2. The number of fused-ring (bicyclic) bond motifs is 1. The molecule has 23 heavy (non-hydrogen) atoms. The molecule has 1 aromatic heterocycles. The first-order valence-electron chi connectivity index (χ1n) is 7.82. The number of carbonyl (C=O) groups is 1. The highest BCUT2D eigenvalue weighted by atomic mass is 16.2. The number of carbonyl (C=O) groups excluding carboxylic acids is 1. The first-order chi connectivity index (χ1) is 11.1. The molecule has 0 radical (unpaired) electrons. The largest absolute Gasteiger partial charge is 0.350 e. The molecular formula is C19H23N3O. The third-order valence-corrected chi connectivity index (χ3v) is 3.55. The van der Waals surface area contributed by atoms with Crippen LogP contribution in [0, 0.1) is 6.92 Å². The molecule has 0 aliphatic heterocycles. The molecule has 0 saturated heterocycles. The summed E-state index contributed by atoms with van der Waals surface area (Å²) in [5, 5.41) is 1.10. The lowest BCUT2D eigenvalue weighted by atomic mass is 10.1. The Hall–Kier alpha value is -2.75. The molecule has 0 bridgehead atoms. The lowest BCUT2D eigenvalue weighted by Gasteiger charge is -2.08. The van der Waals surface area contributed by atoms with Crippen LogP contribution in [0.15, 0.2) is 54.7 Å². The van der Waals surface area contributed by atoms with E-state index in [4.69, 9.17) is 0 Å². The van der Waals surface area contributed by atoms with E-state index in [9.17, 15) is 4.79 Å². The highest BCUT2D eigenvalue weighted by Gasteiger charge is 2.09. The first kappa shape index (κ1) is 16.6. The van der Waals surface area contributed by atoms with Gasteiger partial charge in [-0.2, -0.15) is 0 Å². The van der Waals surface area contributed by atoms with E-state index in [0.29, 0.717) is 5.56 Å². The molecule has 0 aliphatic rings. The summed E-state index contributed by atoms with van der Waals surface area (Å²) in [5.74, 6) is -0.149. The van der Waals surface area contributed by atoms with Gasteiger partial charge in [-0.25, -0.2) is 0 Å². The number of anilines is 1. The molecule has 2 N–H and O–H groups in total. The number of aryl methyl sites for hydroxylation is 2.